The maximum atomic E-state index is 12.8. The largest absolute Gasteiger partial charge is 3.00 e. The van der Waals surface area contributed by atoms with Gasteiger partial charge < -0.3 is 15.3 Å². The zero-order valence-electron chi connectivity index (χ0n) is 30.7. The molecule has 0 aromatic heterocycles. The summed E-state index contributed by atoms with van der Waals surface area (Å²) in [6.45, 7) is 10.6. The van der Waals surface area contributed by atoms with Crippen LogP contribution < -0.4 is 15.3 Å². The van der Waals surface area contributed by atoms with Gasteiger partial charge in [0.25, 0.3) is 0 Å². The SMILES string of the molecule is CC(C)(C)/C([O-])=C/C(=O)C(F)(F)C(F)(F)C(F)(F)F.CC(C)(C)/C([O-])=C/C(=O)C(F)(F)C(F)(F)C(F)(F)F.CC(C)(C)/C([O-])=C/C(=O)C(F)(F)C(F)(F)C(F)(F)F.[Er+3].[Er+3]. The summed E-state index contributed by atoms with van der Waals surface area (Å²) in [7, 11) is 0. The second-order valence-corrected chi connectivity index (χ2v) is 14.3. The van der Waals surface area contributed by atoms with E-state index in [2.05, 4.69) is 0 Å². The van der Waals surface area contributed by atoms with E-state index >= 15 is 0 Å². The van der Waals surface area contributed by atoms with E-state index in [1.54, 1.807) is 0 Å². The Bertz CT molecular complexity index is 1360. The predicted molar refractivity (Wildman–Crippen MR) is 145 cm³/mol. The van der Waals surface area contributed by atoms with Crippen LogP contribution >= 0.6 is 0 Å². The van der Waals surface area contributed by atoms with Gasteiger partial charge in [-0.3, -0.25) is 14.4 Å². The molecule has 0 aliphatic heterocycles. The molecule has 29 heteroatoms. The summed E-state index contributed by atoms with van der Waals surface area (Å²) in [4.78, 5) is 32.4. The van der Waals surface area contributed by atoms with Gasteiger partial charge in [0.2, 0.25) is 17.3 Å². The van der Waals surface area contributed by atoms with Crippen molar-refractivity contribution in [2.75, 3.05) is 0 Å². The van der Waals surface area contributed by atoms with Crippen molar-refractivity contribution in [3.05, 3.63) is 35.5 Å². The average molecular weight is 1220 g/mol. The molecule has 0 bridgehead atoms. The number of hydrogen-bond donors (Lipinski definition) is 0. The molecule has 2 radical (unpaired) electrons. The summed E-state index contributed by atoms with van der Waals surface area (Å²) in [5.74, 6) is -50.2. The van der Waals surface area contributed by atoms with E-state index in [1.807, 2.05) is 0 Å². The normalized spacial score (nSPS) is 15.1. The predicted octanol–water partition coefficient (Wildman–Crippen LogP) is 8.04. The van der Waals surface area contributed by atoms with Crippen LogP contribution in [0.25, 0.3) is 0 Å². The minimum atomic E-state index is -6.61. The van der Waals surface area contributed by atoms with Gasteiger partial charge in [-0.15, -0.1) is 17.3 Å². The third-order valence-corrected chi connectivity index (χ3v) is 6.18. The van der Waals surface area contributed by atoms with E-state index < -0.39 is 123 Å². The Morgan fingerprint density at radius 2 is 0.441 bits per heavy atom. The van der Waals surface area contributed by atoms with Gasteiger partial charge in [-0.1, -0.05) is 62.3 Å². The van der Waals surface area contributed by atoms with Crippen molar-refractivity contribution in [2.24, 2.45) is 16.2 Å². The second kappa shape index (κ2) is 20.9. The fourth-order valence-electron chi connectivity index (χ4n) is 2.28. The Hall–Kier alpha value is -1.35. The summed E-state index contributed by atoms with van der Waals surface area (Å²) in [5.41, 5.74) is -4.09. The molecule has 0 atom stereocenters. The number of carbonyl (C=O) groups excluding carboxylic acids is 3. The van der Waals surface area contributed by atoms with Crippen LogP contribution in [0, 0.1) is 90.9 Å². The Morgan fingerprint density at radius 3 is 0.525 bits per heavy atom. The van der Waals surface area contributed by atoms with Crippen molar-refractivity contribution >= 4 is 17.3 Å². The number of halogens is 21. The molecular formula is C30H30Er2F21O6+3. The molecule has 0 aromatic carbocycles. The summed E-state index contributed by atoms with van der Waals surface area (Å²) < 4.78 is 258. The van der Waals surface area contributed by atoms with Gasteiger partial charge in [-0.25, -0.2) is 0 Å². The molecule has 0 rings (SSSR count). The van der Waals surface area contributed by atoms with Crippen molar-refractivity contribution in [3.63, 3.8) is 0 Å². The van der Waals surface area contributed by atoms with Crippen LogP contribution in [0.2, 0.25) is 0 Å². The van der Waals surface area contributed by atoms with Crippen molar-refractivity contribution in [1.82, 2.24) is 0 Å². The number of alkyl halides is 21. The van der Waals surface area contributed by atoms with Crippen LogP contribution in [0.4, 0.5) is 92.2 Å². The van der Waals surface area contributed by atoms with Gasteiger partial charge in [-0.2, -0.15) is 92.2 Å². The Labute approximate surface area is 379 Å². The molecule has 354 valence electrons. The van der Waals surface area contributed by atoms with Crippen molar-refractivity contribution in [1.29, 1.82) is 0 Å². The first-order chi connectivity index (χ1) is 24.1. The third-order valence-electron chi connectivity index (χ3n) is 6.18. The minimum Gasteiger partial charge on any atom is -0.875 e. The number of ketones is 3. The molecule has 6 nitrogen and oxygen atoms in total. The first-order valence-electron chi connectivity index (χ1n) is 14.4. The van der Waals surface area contributed by atoms with Crippen LogP contribution in [0.1, 0.15) is 62.3 Å². The Balaban J connectivity index is -0.000000243. The molecule has 0 aliphatic rings. The van der Waals surface area contributed by atoms with E-state index in [0.29, 0.717) is 0 Å². The van der Waals surface area contributed by atoms with Gasteiger partial charge in [0, 0.05) is 0 Å². The molecular weight excluding hydrogens is 1190 g/mol. The molecule has 0 spiro atoms. The van der Waals surface area contributed by atoms with Crippen molar-refractivity contribution < 1.29 is 197 Å². The van der Waals surface area contributed by atoms with Crippen LogP contribution in [0.5, 0.6) is 0 Å². The number of allylic oxidation sites excluding steroid dienone is 6. The molecule has 0 heterocycles. The summed E-state index contributed by atoms with van der Waals surface area (Å²) in [6, 6.07) is 0. The maximum Gasteiger partial charge on any atom is 3.00 e. The maximum absolute atomic E-state index is 12.8. The molecule has 0 fully saturated rings. The van der Waals surface area contributed by atoms with Crippen molar-refractivity contribution in [3.8, 4) is 0 Å². The summed E-state index contributed by atoms with van der Waals surface area (Å²) in [6.07, 6.45) is -21.1. The first-order valence-corrected chi connectivity index (χ1v) is 14.4. The summed E-state index contributed by atoms with van der Waals surface area (Å²) >= 11 is 0. The quantitative estimate of drug-likeness (QED) is 0.131. The van der Waals surface area contributed by atoms with E-state index in [9.17, 15) is 122 Å². The molecule has 59 heavy (non-hydrogen) atoms. The van der Waals surface area contributed by atoms with E-state index in [-0.39, 0.29) is 74.6 Å². The van der Waals surface area contributed by atoms with Gasteiger partial charge >= 0.3 is 129 Å². The fourth-order valence-corrected chi connectivity index (χ4v) is 2.28. The molecule has 0 aliphatic carbocycles. The van der Waals surface area contributed by atoms with Gasteiger partial charge in [0.1, 0.15) is 0 Å². The van der Waals surface area contributed by atoms with E-state index in [0.717, 1.165) is 0 Å². The van der Waals surface area contributed by atoms with Crippen LogP contribution in [0.15, 0.2) is 35.5 Å². The zero-order valence-corrected chi connectivity index (χ0v) is 34.4. The average Bonchev–Trinajstić information content (AvgIpc) is 2.93. The molecule has 0 saturated heterocycles. The molecule has 0 aromatic rings. The number of rotatable bonds is 9. The number of carbonyl (C=O) groups is 3. The van der Waals surface area contributed by atoms with Crippen LogP contribution in [0.3, 0.4) is 0 Å². The molecule has 0 amide bonds. The monoisotopic (exact) mass is 1220 g/mol. The molecule has 0 saturated carbocycles. The second-order valence-electron chi connectivity index (χ2n) is 14.3. The fraction of sp³-hybridized carbons (Fsp3) is 0.700. The third kappa shape index (κ3) is 16.7. The summed E-state index contributed by atoms with van der Waals surface area (Å²) in [5, 5.41) is 33.5. The van der Waals surface area contributed by atoms with Gasteiger partial charge in [0.15, 0.2) is 0 Å². The standard InChI is InChI=1S/3C10H11F7O2.2Er/c3*1-7(2,3)5(18)4-6(19)8(11,12)9(13,14)10(15,16)17;;/h3*4,18H,1-3H3;;/q;;;2*+3/p-3/b3*5-4-;;. The minimum absolute atomic E-state index is 0. The number of hydrogen-bond acceptors (Lipinski definition) is 6. The van der Waals surface area contributed by atoms with Crippen LogP contribution in [-0.4, -0.2) is 71.4 Å². The molecule has 0 N–H and O–H groups in total. The van der Waals surface area contributed by atoms with Gasteiger partial charge in [0.05, 0.1) is 0 Å². The molecule has 0 unspecified atom stereocenters. The Morgan fingerprint density at radius 1 is 0.322 bits per heavy atom. The van der Waals surface area contributed by atoms with E-state index in [1.165, 1.54) is 62.3 Å². The van der Waals surface area contributed by atoms with Gasteiger partial charge in [-0.05, 0) is 34.5 Å². The van der Waals surface area contributed by atoms with Crippen LogP contribution in [-0.2, 0) is 14.4 Å². The van der Waals surface area contributed by atoms with E-state index in [4.69, 9.17) is 0 Å². The zero-order chi connectivity index (χ0) is 47.6. The topological polar surface area (TPSA) is 120 Å². The Kier molecular flexibility index (Phi) is 23.6. The van der Waals surface area contributed by atoms with Crippen molar-refractivity contribution in [2.45, 2.75) is 116 Å². The smallest absolute Gasteiger partial charge is 0.875 e. The first kappa shape index (κ1) is 66.7.